The van der Waals surface area contributed by atoms with Gasteiger partial charge in [0.15, 0.2) is 0 Å². The van der Waals surface area contributed by atoms with E-state index in [9.17, 15) is 0 Å². The van der Waals surface area contributed by atoms with Crippen molar-refractivity contribution in [1.82, 2.24) is 0 Å². The lowest BCUT2D eigenvalue weighted by Crippen LogP contribution is -1.87. The fraction of sp³-hybridized carbons (Fsp3) is 0.667. The lowest BCUT2D eigenvalue weighted by molar-refractivity contribution is 0.626. The van der Waals surface area contributed by atoms with E-state index in [1.54, 1.807) is 11.3 Å². The zero-order chi connectivity index (χ0) is 11.3. The SMILES string of the molecule is CCCCCCC(Cl)c1cc(C)c(Br)s1. The highest BCUT2D eigenvalue weighted by atomic mass is 79.9. The fourth-order valence-corrected chi connectivity index (χ4v) is 3.46. The average molecular weight is 310 g/mol. The quantitative estimate of drug-likeness (QED) is 0.442. The molecule has 0 saturated carbocycles. The van der Waals surface area contributed by atoms with Gasteiger partial charge < -0.3 is 0 Å². The molecule has 0 radical (unpaired) electrons. The van der Waals surface area contributed by atoms with Gasteiger partial charge in [0, 0.05) is 4.88 Å². The first-order chi connectivity index (χ1) is 7.15. The molecule has 1 aromatic rings. The number of halogens is 2. The standard InChI is InChI=1S/C12H18BrClS/c1-3-4-5-6-7-10(14)11-8-9(2)12(13)15-11/h8,10H,3-7H2,1-2H3. The first-order valence-corrected chi connectivity index (χ1v) is 7.59. The van der Waals surface area contributed by atoms with Crippen molar-refractivity contribution in [3.63, 3.8) is 0 Å². The highest BCUT2D eigenvalue weighted by Gasteiger charge is 2.11. The van der Waals surface area contributed by atoms with Crippen LogP contribution in [0.3, 0.4) is 0 Å². The second kappa shape index (κ2) is 6.93. The molecule has 0 aliphatic rings. The minimum atomic E-state index is 0.205. The number of aryl methyl sites for hydroxylation is 1. The maximum Gasteiger partial charge on any atom is 0.0731 e. The maximum absolute atomic E-state index is 6.36. The van der Waals surface area contributed by atoms with Crippen LogP contribution in [-0.2, 0) is 0 Å². The van der Waals surface area contributed by atoms with E-state index in [0.29, 0.717) is 0 Å². The van der Waals surface area contributed by atoms with Crippen LogP contribution in [0.4, 0.5) is 0 Å². The highest BCUT2D eigenvalue weighted by Crippen LogP contribution is 2.36. The zero-order valence-corrected chi connectivity index (χ0v) is 12.5. The van der Waals surface area contributed by atoms with Crippen molar-refractivity contribution in [2.45, 2.75) is 51.3 Å². The molecule has 0 aliphatic heterocycles. The lowest BCUT2D eigenvalue weighted by atomic mass is 10.1. The molecular weight excluding hydrogens is 292 g/mol. The molecule has 1 atom stereocenters. The maximum atomic E-state index is 6.36. The van der Waals surface area contributed by atoms with Crippen molar-refractivity contribution in [3.05, 3.63) is 20.3 Å². The molecule has 0 fully saturated rings. The molecule has 0 aromatic carbocycles. The fourth-order valence-electron chi connectivity index (χ4n) is 1.53. The molecule has 86 valence electrons. The molecule has 0 saturated heterocycles. The first kappa shape index (κ1) is 13.5. The first-order valence-electron chi connectivity index (χ1n) is 5.55. The van der Waals surface area contributed by atoms with Crippen LogP contribution in [0.2, 0.25) is 0 Å². The third-order valence-electron chi connectivity index (χ3n) is 2.50. The van der Waals surface area contributed by atoms with Gasteiger partial charge in [-0.2, -0.15) is 0 Å². The van der Waals surface area contributed by atoms with Crippen LogP contribution in [-0.4, -0.2) is 0 Å². The summed E-state index contributed by atoms with van der Waals surface area (Å²) in [5.74, 6) is 0. The van der Waals surface area contributed by atoms with E-state index in [-0.39, 0.29) is 5.38 Å². The van der Waals surface area contributed by atoms with Gasteiger partial charge in [0.2, 0.25) is 0 Å². The summed E-state index contributed by atoms with van der Waals surface area (Å²) < 4.78 is 1.22. The molecule has 1 unspecified atom stereocenters. The minimum absolute atomic E-state index is 0.205. The summed E-state index contributed by atoms with van der Waals surface area (Å²) in [7, 11) is 0. The molecule has 0 bridgehead atoms. The average Bonchev–Trinajstić information content (AvgIpc) is 2.54. The van der Waals surface area contributed by atoms with E-state index in [1.165, 1.54) is 39.9 Å². The van der Waals surface area contributed by atoms with Gasteiger partial charge in [0.1, 0.15) is 0 Å². The van der Waals surface area contributed by atoms with Crippen LogP contribution >= 0.6 is 38.9 Å². The minimum Gasteiger partial charge on any atom is -0.131 e. The van der Waals surface area contributed by atoms with Gasteiger partial charge in [-0.05, 0) is 40.9 Å². The Morgan fingerprint density at radius 2 is 2.13 bits per heavy atom. The van der Waals surface area contributed by atoms with Crippen LogP contribution in [0, 0.1) is 6.92 Å². The Morgan fingerprint density at radius 3 is 2.67 bits per heavy atom. The molecule has 1 heterocycles. The molecule has 0 N–H and O–H groups in total. The molecule has 15 heavy (non-hydrogen) atoms. The normalized spacial score (nSPS) is 13.1. The van der Waals surface area contributed by atoms with Crippen LogP contribution in [0.15, 0.2) is 9.85 Å². The molecule has 3 heteroatoms. The number of alkyl halides is 1. The van der Waals surface area contributed by atoms with Gasteiger partial charge in [-0.25, -0.2) is 0 Å². The van der Waals surface area contributed by atoms with Gasteiger partial charge >= 0.3 is 0 Å². The van der Waals surface area contributed by atoms with E-state index >= 15 is 0 Å². The van der Waals surface area contributed by atoms with Crippen molar-refractivity contribution >= 4 is 38.9 Å². The Labute approximate surface area is 110 Å². The van der Waals surface area contributed by atoms with Gasteiger partial charge in [-0.3, -0.25) is 0 Å². The van der Waals surface area contributed by atoms with Crippen LogP contribution in [0.1, 0.15) is 54.8 Å². The van der Waals surface area contributed by atoms with Crippen LogP contribution in [0.25, 0.3) is 0 Å². The Morgan fingerprint density at radius 1 is 1.40 bits per heavy atom. The summed E-state index contributed by atoms with van der Waals surface area (Å²) in [4.78, 5) is 1.30. The van der Waals surface area contributed by atoms with E-state index in [0.717, 1.165) is 6.42 Å². The van der Waals surface area contributed by atoms with Crippen molar-refractivity contribution in [2.75, 3.05) is 0 Å². The van der Waals surface area contributed by atoms with Gasteiger partial charge in [-0.1, -0.05) is 32.6 Å². The van der Waals surface area contributed by atoms with Crippen LogP contribution in [0.5, 0.6) is 0 Å². The van der Waals surface area contributed by atoms with Gasteiger partial charge in [0.25, 0.3) is 0 Å². The molecule has 0 amide bonds. The predicted molar refractivity (Wildman–Crippen MR) is 74.1 cm³/mol. The Bertz CT molecular complexity index is 276. The predicted octanol–water partition coefficient (Wildman–Crippen LogP) is 6.07. The number of hydrogen-bond donors (Lipinski definition) is 0. The van der Waals surface area contributed by atoms with E-state index in [2.05, 4.69) is 35.8 Å². The topological polar surface area (TPSA) is 0 Å². The van der Waals surface area contributed by atoms with Crippen molar-refractivity contribution in [1.29, 1.82) is 0 Å². The third-order valence-corrected chi connectivity index (χ3v) is 5.33. The van der Waals surface area contributed by atoms with Crippen LogP contribution < -0.4 is 0 Å². The molecule has 1 rings (SSSR count). The molecule has 1 aromatic heterocycles. The molecule has 0 spiro atoms. The van der Waals surface area contributed by atoms with Crippen molar-refractivity contribution in [3.8, 4) is 0 Å². The zero-order valence-electron chi connectivity index (χ0n) is 9.35. The largest absolute Gasteiger partial charge is 0.131 e. The Hall–Kier alpha value is 0.470. The van der Waals surface area contributed by atoms with Crippen molar-refractivity contribution < 1.29 is 0 Å². The summed E-state index contributed by atoms with van der Waals surface area (Å²) in [5, 5.41) is 0.205. The van der Waals surface area contributed by atoms with E-state index in [1.807, 2.05) is 0 Å². The summed E-state index contributed by atoms with van der Waals surface area (Å²) in [6, 6.07) is 2.20. The van der Waals surface area contributed by atoms with Gasteiger partial charge in [-0.15, -0.1) is 22.9 Å². The van der Waals surface area contributed by atoms with E-state index in [4.69, 9.17) is 11.6 Å². The monoisotopic (exact) mass is 308 g/mol. The summed E-state index contributed by atoms with van der Waals surface area (Å²) in [6.07, 6.45) is 6.28. The second-order valence-electron chi connectivity index (χ2n) is 3.92. The third kappa shape index (κ3) is 4.46. The smallest absolute Gasteiger partial charge is 0.0731 e. The van der Waals surface area contributed by atoms with Crippen molar-refractivity contribution in [2.24, 2.45) is 0 Å². The highest BCUT2D eigenvalue weighted by molar-refractivity contribution is 9.11. The Balaban J connectivity index is 2.36. The van der Waals surface area contributed by atoms with Gasteiger partial charge in [0.05, 0.1) is 9.16 Å². The molecule has 0 aliphatic carbocycles. The summed E-state index contributed by atoms with van der Waals surface area (Å²) in [5.41, 5.74) is 1.30. The number of hydrogen-bond acceptors (Lipinski definition) is 1. The molecule has 0 nitrogen and oxygen atoms in total. The Kier molecular flexibility index (Phi) is 6.25. The summed E-state index contributed by atoms with van der Waals surface area (Å²) in [6.45, 7) is 4.35. The summed E-state index contributed by atoms with van der Waals surface area (Å²) >= 11 is 11.7. The lowest BCUT2D eigenvalue weighted by Gasteiger charge is -2.06. The molecular formula is C12H18BrClS. The number of unbranched alkanes of at least 4 members (excludes halogenated alkanes) is 3. The van der Waals surface area contributed by atoms with E-state index < -0.39 is 0 Å². The second-order valence-corrected chi connectivity index (χ2v) is 6.85. The number of thiophene rings is 1. The number of rotatable bonds is 6.